The van der Waals surface area contributed by atoms with Crippen LogP contribution in [-0.2, 0) is 27.1 Å². The summed E-state index contributed by atoms with van der Waals surface area (Å²) in [6.07, 6.45) is 1.34. The van der Waals surface area contributed by atoms with Gasteiger partial charge in [-0.3, -0.25) is 9.79 Å². The first-order valence-corrected chi connectivity index (χ1v) is 16.4. The Bertz CT molecular complexity index is 1830. The number of piperidine rings is 1. The van der Waals surface area contributed by atoms with Crippen molar-refractivity contribution in [1.29, 1.82) is 0 Å². The highest BCUT2D eigenvalue weighted by molar-refractivity contribution is 6.62. The highest BCUT2D eigenvalue weighted by Crippen LogP contribution is 2.51. The minimum Gasteiger partial charge on any atom is -0.488 e. The van der Waals surface area contributed by atoms with Crippen molar-refractivity contribution >= 4 is 46.8 Å². The molecular formula is C36H40BN3O6. The van der Waals surface area contributed by atoms with Gasteiger partial charge in [-0.1, -0.05) is 38.1 Å². The minimum absolute atomic E-state index is 0.116. The van der Waals surface area contributed by atoms with Gasteiger partial charge in [-0.05, 0) is 103 Å². The Balaban J connectivity index is 1.07. The first-order chi connectivity index (χ1) is 21.8. The molecule has 9 nitrogen and oxygen atoms in total. The molecule has 10 heteroatoms. The summed E-state index contributed by atoms with van der Waals surface area (Å²) >= 11 is 0. The maximum absolute atomic E-state index is 13.7. The zero-order chi connectivity index (χ0) is 32.3. The summed E-state index contributed by atoms with van der Waals surface area (Å²) in [5, 5.41) is 14.1. The van der Waals surface area contributed by atoms with E-state index in [0.29, 0.717) is 18.9 Å². The predicted octanol–water partition coefficient (Wildman–Crippen LogP) is 5.61. The number of hydrogen-bond donors (Lipinski definition) is 2. The molecule has 2 saturated heterocycles. The van der Waals surface area contributed by atoms with Crippen LogP contribution in [0.1, 0.15) is 65.5 Å². The maximum Gasteiger partial charge on any atom is 0.494 e. The predicted molar refractivity (Wildman–Crippen MR) is 177 cm³/mol. The molecule has 4 aliphatic heterocycles. The molecule has 8 rings (SSSR count). The van der Waals surface area contributed by atoms with Crippen molar-refractivity contribution in [2.24, 2.45) is 16.8 Å². The Kier molecular flexibility index (Phi) is 6.45. The lowest BCUT2D eigenvalue weighted by Gasteiger charge is -2.32. The van der Waals surface area contributed by atoms with Crippen LogP contribution in [0.4, 0.5) is 10.5 Å². The number of hydrogen-bond acceptors (Lipinski definition) is 6. The van der Waals surface area contributed by atoms with Crippen LogP contribution < -0.4 is 15.5 Å². The summed E-state index contributed by atoms with van der Waals surface area (Å²) in [6.45, 7) is 12.5. The fraction of sp³-hybridized carbons (Fsp3) is 0.472. The van der Waals surface area contributed by atoms with Crippen LogP contribution >= 0.6 is 0 Å². The van der Waals surface area contributed by atoms with Gasteiger partial charge in [0, 0.05) is 23.7 Å². The fourth-order valence-electron chi connectivity index (χ4n) is 7.75. The Morgan fingerprint density at radius 1 is 1.02 bits per heavy atom. The SMILES string of the molecule is CC(C)[C@H](NC(=O)O)C(=O)N1[C@@H]2C[C@@H]2C[C@H]1C1=Nc2ccc3cc4c(cc3c2C1)OCc1cc(B2OC(C)(C)C(C)(C)O2)ccc1-4. The smallest absolute Gasteiger partial charge is 0.488 e. The first kappa shape index (κ1) is 29.5. The van der Waals surface area contributed by atoms with Gasteiger partial charge in [-0.2, -0.15) is 0 Å². The lowest BCUT2D eigenvalue weighted by atomic mass is 9.77. The van der Waals surface area contributed by atoms with Crippen LogP contribution in [0.25, 0.3) is 21.9 Å². The number of carboxylic acid groups (broad SMARTS) is 1. The second-order valence-electron chi connectivity index (χ2n) is 14.9. The standard InChI is InChI=1S/C36H40BN3O6/c1-18(2)32(39-34(42)43)33(41)40-29-13-20(29)14-30(40)28-15-25-24-16-31-26(12-19(24)7-10-27(25)38-28)23-9-8-22(11-21(23)17-44-31)37-45-35(3,4)36(5,6)46-37/h7-12,16,18,20,29-30,32,39H,13-15,17H2,1-6H3,(H,42,43)/t20-,29-,30+,32+/m1/s1. The largest absolute Gasteiger partial charge is 0.494 e. The van der Waals surface area contributed by atoms with E-state index in [1.807, 2.05) is 18.7 Å². The Morgan fingerprint density at radius 2 is 1.78 bits per heavy atom. The maximum atomic E-state index is 13.7. The number of rotatable bonds is 5. The van der Waals surface area contributed by atoms with E-state index in [-0.39, 0.29) is 23.9 Å². The van der Waals surface area contributed by atoms with Gasteiger partial charge in [0.05, 0.1) is 22.9 Å². The quantitative estimate of drug-likeness (QED) is 0.359. The molecule has 5 aliphatic rings. The molecule has 0 radical (unpaired) electrons. The third-order valence-electron chi connectivity index (χ3n) is 11.1. The zero-order valence-corrected chi connectivity index (χ0v) is 27.2. The second-order valence-corrected chi connectivity index (χ2v) is 14.9. The molecule has 4 heterocycles. The van der Waals surface area contributed by atoms with Crippen LogP contribution in [-0.4, -0.2) is 64.2 Å². The molecule has 238 valence electrons. The summed E-state index contributed by atoms with van der Waals surface area (Å²) in [5.74, 6) is 1.02. The van der Waals surface area contributed by atoms with E-state index in [1.54, 1.807) is 0 Å². The highest BCUT2D eigenvalue weighted by Gasteiger charge is 2.57. The molecule has 4 atom stereocenters. The Labute approximate surface area is 269 Å². The number of nitrogens with one attached hydrogen (secondary N) is 1. The topological polar surface area (TPSA) is 110 Å². The number of carbonyl (C=O) groups excluding carboxylic acids is 1. The van der Waals surface area contributed by atoms with E-state index in [4.69, 9.17) is 19.0 Å². The molecule has 1 aliphatic carbocycles. The second kappa shape index (κ2) is 10.1. The van der Waals surface area contributed by atoms with Crippen molar-refractivity contribution < 1.29 is 28.7 Å². The lowest BCUT2D eigenvalue weighted by Crippen LogP contribution is -2.54. The third-order valence-corrected chi connectivity index (χ3v) is 11.1. The lowest BCUT2D eigenvalue weighted by molar-refractivity contribution is -0.135. The Morgan fingerprint density at radius 3 is 2.50 bits per heavy atom. The van der Waals surface area contributed by atoms with E-state index in [0.717, 1.165) is 68.5 Å². The Hall–Kier alpha value is -3.89. The molecule has 3 aromatic rings. The van der Waals surface area contributed by atoms with Crippen molar-refractivity contribution in [2.45, 2.75) is 96.7 Å². The van der Waals surface area contributed by atoms with Crippen LogP contribution in [0, 0.1) is 11.8 Å². The molecule has 1 saturated carbocycles. The van der Waals surface area contributed by atoms with E-state index >= 15 is 0 Å². The van der Waals surface area contributed by atoms with E-state index in [9.17, 15) is 14.7 Å². The van der Waals surface area contributed by atoms with Crippen molar-refractivity contribution in [3.05, 3.63) is 53.6 Å². The summed E-state index contributed by atoms with van der Waals surface area (Å²) in [4.78, 5) is 32.2. The van der Waals surface area contributed by atoms with Crippen LogP contribution in [0.15, 0.2) is 47.5 Å². The molecule has 46 heavy (non-hydrogen) atoms. The summed E-state index contributed by atoms with van der Waals surface area (Å²) in [6, 6.07) is 14.2. The molecule has 2 N–H and O–H groups in total. The molecule has 0 aromatic heterocycles. The van der Waals surface area contributed by atoms with Gasteiger partial charge in [0.15, 0.2) is 0 Å². The van der Waals surface area contributed by atoms with E-state index in [1.165, 1.54) is 0 Å². The van der Waals surface area contributed by atoms with Crippen LogP contribution in [0.5, 0.6) is 5.75 Å². The average Bonchev–Trinajstić information content (AvgIpc) is 3.34. The number of likely N-dealkylation sites (tertiary alicyclic amines) is 1. The summed E-state index contributed by atoms with van der Waals surface area (Å²) in [7, 11) is -0.424. The van der Waals surface area contributed by atoms with Crippen molar-refractivity contribution in [3.8, 4) is 16.9 Å². The number of nitrogens with zero attached hydrogens (tertiary/aromatic N) is 2. The summed E-state index contributed by atoms with van der Waals surface area (Å²) in [5.41, 5.74) is 6.57. The van der Waals surface area contributed by atoms with Gasteiger partial charge in [0.1, 0.15) is 18.4 Å². The van der Waals surface area contributed by atoms with Crippen molar-refractivity contribution in [3.63, 3.8) is 0 Å². The number of aliphatic imine (C=N–C) groups is 1. The van der Waals surface area contributed by atoms with Crippen LogP contribution in [0.3, 0.4) is 0 Å². The van der Waals surface area contributed by atoms with Crippen molar-refractivity contribution in [1.82, 2.24) is 10.2 Å². The molecule has 3 fully saturated rings. The monoisotopic (exact) mass is 621 g/mol. The van der Waals surface area contributed by atoms with E-state index in [2.05, 4.69) is 75.5 Å². The number of amides is 2. The summed E-state index contributed by atoms with van der Waals surface area (Å²) < 4.78 is 19.0. The van der Waals surface area contributed by atoms with Crippen LogP contribution in [0.2, 0.25) is 0 Å². The number of ether oxygens (including phenoxy) is 1. The average molecular weight is 622 g/mol. The number of carbonyl (C=O) groups is 2. The van der Waals surface area contributed by atoms with Gasteiger partial charge in [0.25, 0.3) is 0 Å². The fourth-order valence-corrected chi connectivity index (χ4v) is 7.75. The molecule has 0 unspecified atom stereocenters. The molecule has 0 bridgehead atoms. The highest BCUT2D eigenvalue weighted by atomic mass is 16.7. The third kappa shape index (κ3) is 4.55. The van der Waals surface area contributed by atoms with Gasteiger partial charge >= 0.3 is 13.2 Å². The molecule has 2 amide bonds. The normalized spacial score (nSPS) is 25.4. The van der Waals surface area contributed by atoms with Gasteiger partial charge in [-0.25, -0.2) is 4.79 Å². The number of fused-ring (bicyclic) bond motifs is 7. The van der Waals surface area contributed by atoms with Crippen molar-refractivity contribution in [2.75, 3.05) is 0 Å². The molecular weight excluding hydrogens is 581 g/mol. The number of benzene rings is 3. The van der Waals surface area contributed by atoms with Gasteiger partial charge in [-0.15, -0.1) is 0 Å². The minimum atomic E-state index is -1.18. The molecule has 3 aromatic carbocycles. The van der Waals surface area contributed by atoms with Gasteiger partial charge < -0.3 is 29.4 Å². The van der Waals surface area contributed by atoms with E-state index < -0.39 is 30.5 Å². The van der Waals surface area contributed by atoms with Gasteiger partial charge in [0.2, 0.25) is 5.91 Å². The zero-order valence-electron chi connectivity index (χ0n) is 27.2. The first-order valence-electron chi connectivity index (χ1n) is 16.4. The molecule has 0 spiro atoms.